The normalized spacial score (nSPS) is 11.9. The lowest BCUT2D eigenvalue weighted by molar-refractivity contribution is -0.384. The van der Waals surface area contributed by atoms with Crippen LogP contribution in [0.15, 0.2) is 53.3 Å². The average Bonchev–Trinajstić information content (AvgIpc) is 2.60. The number of nitro groups is 1. The van der Waals surface area contributed by atoms with Crippen LogP contribution in [0.3, 0.4) is 0 Å². The molecule has 0 aliphatic heterocycles. The molecule has 0 radical (unpaired) electrons. The maximum Gasteiger partial charge on any atom is 0.351 e. The first-order chi connectivity index (χ1) is 12.4. The van der Waals surface area contributed by atoms with Gasteiger partial charge in [0.1, 0.15) is 0 Å². The highest BCUT2D eigenvalue weighted by atomic mass is 16.6. The number of fused-ring (bicyclic) bond motifs is 1. The Balaban J connectivity index is 2.35. The summed E-state index contributed by atoms with van der Waals surface area (Å²) in [6.45, 7) is 2.77. The van der Waals surface area contributed by atoms with Gasteiger partial charge in [-0.3, -0.25) is 19.5 Å². The van der Waals surface area contributed by atoms with Gasteiger partial charge in [-0.25, -0.2) is 4.79 Å². The maximum atomic E-state index is 12.6. The minimum Gasteiger partial charge on any atom is -0.442 e. The van der Waals surface area contributed by atoms with Gasteiger partial charge in [-0.15, -0.1) is 0 Å². The Morgan fingerprint density at radius 3 is 2.54 bits per heavy atom. The molecule has 1 heterocycles. The monoisotopic (exact) mass is 353 g/mol. The van der Waals surface area contributed by atoms with Gasteiger partial charge in [0.25, 0.3) is 5.69 Å². The number of carbonyl (C=O) groups excluding carboxylic acids is 1. The van der Waals surface area contributed by atoms with E-state index in [4.69, 9.17) is 4.74 Å². The number of rotatable bonds is 4. The van der Waals surface area contributed by atoms with Crippen molar-refractivity contribution >= 4 is 22.6 Å². The number of nitrogens with zero attached hydrogens (tertiary/aromatic N) is 3. The van der Waals surface area contributed by atoms with E-state index in [1.165, 1.54) is 36.6 Å². The van der Waals surface area contributed by atoms with Crippen LogP contribution in [-0.2, 0) is 9.53 Å². The van der Waals surface area contributed by atoms with Gasteiger partial charge < -0.3 is 4.74 Å². The highest BCUT2D eigenvalue weighted by Gasteiger charge is 2.20. The van der Waals surface area contributed by atoms with E-state index in [2.05, 4.69) is 4.98 Å². The Kier molecular flexibility index (Phi) is 4.49. The average molecular weight is 353 g/mol. The van der Waals surface area contributed by atoms with Gasteiger partial charge >= 0.3 is 11.7 Å². The number of ether oxygens (including phenoxy) is 1. The van der Waals surface area contributed by atoms with E-state index in [0.29, 0.717) is 22.2 Å². The zero-order valence-electron chi connectivity index (χ0n) is 14.1. The van der Waals surface area contributed by atoms with Crippen LogP contribution < -0.4 is 5.69 Å². The van der Waals surface area contributed by atoms with Crippen molar-refractivity contribution in [1.82, 2.24) is 9.55 Å². The molecule has 0 saturated heterocycles. The molecule has 8 heteroatoms. The van der Waals surface area contributed by atoms with Crippen LogP contribution in [0.25, 0.3) is 22.2 Å². The maximum absolute atomic E-state index is 12.6. The molecule has 0 amide bonds. The van der Waals surface area contributed by atoms with Crippen molar-refractivity contribution in [3.63, 3.8) is 0 Å². The summed E-state index contributed by atoms with van der Waals surface area (Å²) in [6, 6.07) is 13.0. The van der Waals surface area contributed by atoms with Crippen molar-refractivity contribution in [3.8, 4) is 11.3 Å². The summed E-state index contributed by atoms with van der Waals surface area (Å²) in [5, 5.41) is 11.6. The molecule has 8 nitrogen and oxygen atoms in total. The molecule has 0 N–H and O–H groups in total. The van der Waals surface area contributed by atoms with E-state index in [1.807, 2.05) is 6.07 Å². The molecule has 3 rings (SSSR count). The molecule has 26 heavy (non-hydrogen) atoms. The Morgan fingerprint density at radius 2 is 1.92 bits per heavy atom. The van der Waals surface area contributed by atoms with Crippen molar-refractivity contribution in [2.24, 2.45) is 0 Å². The number of nitro benzene ring substituents is 1. The minimum absolute atomic E-state index is 0.123. The smallest absolute Gasteiger partial charge is 0.351 e. The van der Waals surface area contributed by atoms with Gasteiger partial charge in [0.15, 0.2) is 6.23 Å². The van der Waals surface area contributed by atoms with Crippen LogP contribution in [0, 0.1) is 10.1 Å². The molecule has 1 unspecified atom stereocenters. The topological polar surface area (TPSA) is 104 Å². The minimum atomic E-state index is -0.902. The van der Waals surface area contributed by atoms with Crippen LogP contribution in [-0.4, -0.2) is 20.4 Å². The first kappa shape index (κ1) is 17.3. The largest absolute Gasteiger partial charge is 0.442 e. The highest BCUT2D eigenvalue weighted by Crippen LogP contribution is 2.29. The van der Waals surface area contributed by atoms with Crippen LogP contribution >= 0.6 is 0 Å². The fourth-order valence-electron chi connectivity index (χ4n) is 2.81. The number of aromatic nitrogens is 2. The predicted molar refractivity (Wildman–Crippen MR) is 94.6 cm³/mol. The quantitative estimate of drug-likeness (QED) is 0.405. The van der Waals surface area contributed by atoms with Gasteiger partial charge in [-0.2, -0.15) is 4.98 Å². The molecule has 0 bridgehead atoms. The molecule has 0 saturated carbocycles. The number of hydrogen-bond acceptors (Lipinski definition) is 6. The molecule has 1 atom stereocenters. The van der Waals surface area contributed by atoms with Crippen LogP contribution in [0.1, 0.15) is 20.1 Å². The van der Waals surface area contributed by atoms with Crippen molar-refractivity contribution in [2.75, 3.05) is 0 Å². The van der Waals surface area contributed by atoms with E-state index >= 15 is 0 Å². The summed E-state index contributed by atoms with van der Waals surface area (Å²) in [6.07, 6.45) is -0.902. The summed E-state index contributed by atoms with van der Waals surface area (Å²) >= 11 is 0. The first-order valence-electron chi connectivity index (χ1n) is 7.82. The number of benzene rings is 2. The summed E-state index contributed by atoms with van der Waals surface area (Å²) < 4.78 is 6.30. The van der Waals surface area contributed by atoms with E-state index in [0.717, 1.165) is 0 Å². The molecular weight excluding hydrogens is 338 g/mol. The Morgan fingerprint density at radius 1 is 1.23 bits per heavy atom. The van der Waals surface area contributed by atoms with Gasteiger partial charge in [0, 0.05) is 30.0 Å². The van der Waals surface area contributed by atoms with Gasteiger partial charge in [-0.05, 0) is 13.0 Å². The van der Waals surface area contributed by atoms with Crippen LogP contribution in [0.5, 0.6) is 0 Å². The number of carbonyl (C=O) groups is 1. The molecule has 1 aromatic heterocycles. The van der Waals surface area contributed by atoms with Crippen LogP contribution in [0.2, 0.25) is 0 Å². The lowest BCUT2D eigenvalue weighted by atomic mass is 10.1. The third-order valence-electron chi connectivity index (χ3n) is 3.87. The number of esters is 1. The van der Waals surface area contributed by atoms with Crippen molar-refractivity contribution < 1.29 is 14.5 Å². The molecule has 0 aliphatic carbocycles. The molecular formula is C18H15N3O5. The zero-order chi connectivity index (χ0) is 18.8. The van der Waals surface area contributed by atoms with Gasteiger partial charge in [-0.1, -0.05) is 30.3 Å². The number of non-ortho nitro benzene ring substituents is 1. The summed E-state index contributed by atoms with van der Waals surface area (Å²) in [4.78, 5) is 38.6. The third-order valence-corrected chi connectivity index (χ3v) is 3.87. The lowest BCUT2D eigenvalue weighted by Gasteiger charge is -2.18. The molecule has 3 aromatic rings. The zero-order valence-corrected chi connectivity index (χ0v) is 14.1. The van der Waals surface area contributed by atoms with Crippen molar-refractivity contribution in [2.45, 2.75) is 20.1 Å². The summed E-state index contributed by atoms with van der Waals surface area (Å²) in [5.74, 6) is -0.549. The van der Waals surface area contributed by atoms with E-state index in [1.54, 1.807) is 24.3 Å². The van der Waals surface area contributed by atoms with Crippen LogP contribution in [0.4, 0.5) is 5.69 Å². The lowest BCUT2D eigenvalue weighted by Crippen LogP contribution is -2.29. The standard InChI is InChI=1S/C18H15N3O5/c1-11(26-12(2)22)20-16-9-8-14(21(24)25)10-15(16)17(19-18(20)23)13-6-4-3-5-7-13/h3-11H,1-2H3. The summed E-state index contributed by atoms with van der Waals surface area (Å²) in [5.41, 5.74) is 0.645. The molecule has 0 fully saturated rings. The van der Waals surface area contributed by atoms with Crippen molar-refractivity contribution in [3.05, 3.63) is 69.1 Å². The van der Waals surface area contributed by atoms with Gasteiger partial charge in [0.05, 0.1) is 16.1 Å². The molecule has 2 aromatic carbocycles. The van der Waals surface area contributed by atoms with E-state index in [-0.39, 0.29) is 5.69 Å². The fraction of sp³-hybridized carbons (Fsp3) is 0.167. The molecule has 132 valence electrons. The second kappa shape index (κ2) is 6.75. The Hall–Kier alpha value is -3.55. The first-order valence-corrected chi connectivity index (χ1v) is 7.82. The third kappa shape index (κ3) is 3.16. The SMILES string of the molecule is CC(=O)OC(C)n1c(=O)nc(-c2ccccc2)c2cc([N+](=O)[O-])ccc21. The summed E-state index contributed by atoms with van der Waals surface area (Å²) in [7, 11) is 0. The van der Waals surface area contributed by atoms with Crippen molar-refractivity contribution in [1.29, 1.82) is 0 Å². The van der Waals surface area contributed by atoms with E-state index < -0.39 is 22.8 Å². The van der Waals surface area contributed by atoms with E-state index in [9.17, 15) is 19.7 Å². The predicted octanol–water partition coefficient (Wildman–Crippen LogP) is 3.05. The molecule has 0 aliphatic rings. The Labute approximate surface area is 147 Å². The second-order valence-electron chi connectivity index (χ2n) is 5.65. The number of hydrogen-bond donors (Lipinski definition) is 0. The second-order valence-corrected chi connectivity index (χ2v) is 5.65. The Bertz CT molecular complexity index is 1060. The van der Waals surface area contributed by atoms with Gasteiger partial charge in [0.2, 0.25) is 0 Å². The highest BCUT2D eigenvalue weighted by molar-refractivity contribution is 5.93. The fourth-order valence-corrected chi connectivity index (χ4v) is 2.81. The molecule has 0 spiro atoms.